The standard InChI is InChI=1S/C14H18N2O3/c1-9(8-10-2-3-10)15-14(19)16-12-6-4-11(5-7-12)13(17)18/h4-7,9-10H,2-3,8H2,1H3,(H,17,18)(H2,15,16,19). The van der Waals surface area contributed by atoms with Crippen LogP contribution in [0.5, 0.6) is 0 Å². The average molecular weight is 262 g/mol. The molecule has 0 heterocycles. The topological polar surface area (TPSA) is 78.4 Å². The van der Waals surface area contributed by atoms with E-state index in [0.29, 0.717) is 5.69 Å². The molecule has 1 aliphatic rings. The minimum atomic E-state index is -0.978. The van der Waals surface area contributed by atoms with E-state index >= 15 is 0 Å². The molecular formula is C14H18N2O3. The maximum atomic E-state index is 11.7. The molecular weight excluding hydrogens is 244 g/mol. The smallest absolute Gasteiger partial charge is 0.335 e. The SMILES string of the molecule is CC(CC1CC1)NC(=O)Nc1ccc(C(=O)O)cc1. The quantitative estimate of drug-likeness (QED) is 0.763. The maximum absolute atomic E-state index is 11.7. The number of carbonyl (C=O) groups is 2. The van der Waals surface area contributed by atoms with Crippen molar-refractivity contribution in [1.29, 1.82) is 0 Å². The van der Waals surface area contributed by atoms with Gasteiger partial charge in [0.2, 0.25) is 0 Å². The van der Waals surface area contributed by atoms with Crippen LogP contribution in [0, 0.1) is 5.92 Å². The number of nitrogens with one attached hydrogen (secondary N) is 2. The lowest BCUT2D eigenvalue weighted by molar-refractivity contribution is 0.0697. The molecule has 0 radical (unpaired) electrons. The molecule has 1 aromatic rings. The van der Waals surface area contributed by atoms with Crippen molar-refractivity contribution in [3.05, 3.63) is 29.8 Å². The van der Waals surface area contributed by atoms with Gasteiger partial charge >= 0.3 is 12.0 Å². The predicted octanol–water partition coefficient (Wildman–Crippen LogP) is 2.69. The van der Waals surface area contributed by atoms with E-state index in [4.69, 9.17) is 5.11 Å². The second-order valence-electron chi connectivity index (χ2n) is 5.06. The van der Waals surface area contributed by atoms with Crippen LogP contribution < -0.4 is 10.6 Å². The molecule has 3 N–H and O–H groups in total. The molecule has 1 atom stereocenters. The third-order valence-electron chi connectivity index (χ3n) is 3.15. The van der Waals surface area contributed by atoms with Crippen LogP contribution in [0.25, 0.3) is 0 Å². The lowest BCUT2D eigenvalue weighted by atomic mass is 10.2. The van der Waals surface area contributed by atoms with Crippen molar-refractivity contribution in [3.8, 4) is 0 Å². The molecule has 0 aliphatic heterocycles. The van der Waals surface area contributed by atoms with Gasteiger partial charge in [-0.05, 0) is 43.5 Å². The molecule has 1 saturated carbocycles. The van der Waals surface area contributed by atoms with Gasteiger partial charge in [0.25, 0.3) is 0 Å². The van der Waals surface area contributed by atoms with Crippen LogP contribution in [0.15, 0.2) is 24.3 Å². The average Bonchev–Trinajstić information content (AvgIpc) is 3.13. The Balaban J connectivity index is 1.82. The normalized spacial score (nSPS) is 15.6. The van der Waals surface area contributed by atoms with Gasteiger partial charge in [-0.1, -0.05) is 12.8 Å². The molecule has 5 nitrogen and oxygen atoms in total. The van der Waals surface area contributed by atoms with Crippen LogP contribution in [-0.4, -0.2) is 23.1 Å². The van der Waals surface area contributed by atoms with Crippen LogP contribution in [-0.2, 0) is 0 Å². The Morgan fingerprint density at radius 1 is 1.32 bits per heavy atom. The number of hydrogen-bond donors (Lipinski definition) is 3. The number of carboxylic acids is 1. The van der Waals surface area contributed by atoms with Crippen molar-refractivity contribution in [2.75, 3.05) is 5.32 Å². The van der Waals surface area contributed by atoms with E-state index in [1.54, 1.807) is 12.1 Å². The highest BCUT2D eigenvalue weighted by Gasteiger charge is 2.24. The van der Waals surface area contributed by atoms with E-state index in [9.17, 15) is 9.59 Å². The minimum Gasteiger partial charge on any atom is -0.478 e. The Kier molecular flexibility index (Phi) is 4.04. The summed E-state index contributed by atoms with van der Waals surface area (Å²) in [5.41, 5.74) is 0.786. The monoisotopic (exact) mass is 262 g/mol. The van der Waals surface area contributed by atoms with E-state index < -0.39 is 5.97 Å². The number of amides is 2. The van der Waals surface area contributed by atoms with E-state index in [1.807, 2.05) is 6.92 Å². The molecule has 5 heteroatoms. The molecule has 1 aromatic carbocycles. The summed E-state index contributed by atoms with van der Waals surface area (Å²) >= 11 is 0. The lowest BCUT2D eigenvalue weighted by Gasteiger charge is -2.14. The zero-order chi connectivity index (χ0) is 13.8. The third kappa shape index (κ3) is 4.28. The van der Waals surface area contributed by atoms with Crippen LogP contribution >= 0.6 is 0 Å². The zero-order valence-electron chi connectivity index (χ0n) is 10.8. The first-order valence-corrected chi connectivity index (χ1v) is 6.45. The van der Waals surface area contributed by atoms with Crippen molar-refractivity contribution in [2.24, 2.45) is 5.92 Å². The number of urea groups is 1. The second-order valence-corrected chi connectivity index (χ2v) is 5.06. The van der Waals surface area contributed by atoms with Crippen molar-refractivity contribution < 1.29 is 14.7 Å². The Morgan fingerprint density at radius 2 is 1.95 bits per heavy atom. The largest absolute Gasteiger partial charge is 0.478 e. The van der Waals surface area contributed by atoms with E-state index in [2.05, 4.69) is 10.6 Å². The van der Waals surface area contributed by atoms with E-state index in [1.165, 1.54) is 25.0 Å². The van der Waals surface area contributed by atoms with Crippen molar-refractivity contribution in [1.82, 2.24) is 5.32 Å². The summed E-state index contributed by atoms with van der Waals surface area (Å²) in [6.45, 7) is 1.99. The molecule has 1 unspecified atom stereocenters. The fourth-order valence-corrected chi connectivity index (χ4v) is 2.00. The van der Waals surface area contributed by atoms with Gasteiger partial charge in [-0.2, -0.15) is 0 Å². The number of carboxylic acid groups (broad SMARTS) is 1. The first-order chi connectivity index (χ1) is 9.04. The van der Waals surface area contributed by atoms with Gasteiger partial charge in [0.15, 0.2) is 0 Å². The van der Waals surface area contributed by atoms with Gasteiger partial charge < -0.3 is 15.7 Å². The second kappa shape index (κ2) is 5.73. The summed E-state index contributed by atoms with van der Waals surface area (Å²) in [5, 5.41) is 14.3. The number of aromatic carboxylic acids is 1. The van der Waals surface area contributed by atoms with Gasteiger partial charge in [0.1, 0.15) is 0 Å². The summed E-state index contributed by atoms with van der Waals surface area (Å²) < 4.78 is 0. The lowest BCUT2D eigenvalue weighted by Crippen LogP contribution is -2.36. The predicted molar refractivity (Wildman–Crippen MR) is 72.4 cm³/mol. The van der Waals surface area contributed by atoms with Crippen LogP contribution in [0.3, 0.4) is 0 Å². The van der Waals surface area contributed by atoms with Gasteiger partial charge in [-0.15, -0.1) is 0 Å². The molecule has 19 heavy (non-hydrogen) atoms. The first-order valence-electron chi connectivity index (χ1n) is 6.45. The zero-order valence-corrected chi connectivity index (χ0v) is 10.8. The number of anilines is 1. The summed E-state index contributed by atoms with van der Waals surface area (Å²) in [6.07, 6.45) is 3.56. The highest BCUT2D eigenvalue weighted by Crippen LogP contribution is 2.33. The van der Waals surface area contributed by atoms with Gasteiger partial charge in [0.05, 0.1) is 5.56 Å². The van der Waals surface area contributed by atoms with Gasteiger partial charge in [-0.3, -0.25) is 0 Å². The fourth-order valence-electron chi connectivity index (χ4n) is 2.00. The maximum Gasteiger partial charge on any atom is 0.335 e. The fraction of sp³-hybridized carbons (Fsp3) is 0.429. The Bertz CT molecular complexity index is 466. The van der Waals surface area contributed by atoms with Crippen LogP contribution in [0.2, 0.25) is 0 Å². The summed E-state index contributed by atoms with van der Waals surface area (Å²) in [7, 11) is 0. The third-order valence-corrected chi connectivity index (χ3v) is 3.15. The summed E-state index contributed by atoms with van der Waals surface area (Å²) in [5.74, 6) is -0.209. The van der Waals surface area contributed by atoms with Gasteiger partial charge in [0, 0.05) is 11.7 Å². The molecule has 0 saturated heterocycles. The molecule has 102 valence electrons. The van der Waals surface area contributed by atoms with Crippen molar-refractivity contribution in [2.45, 2.75) is 32.2 Å². The highest BCUT2D eigenvalue weighted by atomic mass is 16.4. The Labute approximate surface area is 112 Å². The van der Waals surface area contributed by atoms with E-state index in [0.717, 1.165) is 12.3 Å². The minimum absolute atomic E-state index is 0.158. The highest BCUT2D eigenvalue weighted by molar-refractivity contribution is 5.91. The molecule has 1 aliphatic carbocycles. The van der Waals surface area contributed by atoms with Gasteiger partial charge in [-0.25, -0.2) is 9.59 Å². The number of hydrogen-bond acceptors (Lipinski definition) is 2. The molecule has 0 spiro atoms. The molecule has 2 amide bonds. The number of benzene rings is 1. The Morgan fingerprint density at radius 3 is 2.47 bits per heavy atom. The Hall–Kier alpha value is -2.04. The van der Waals surface area contributed by atoms with Crippen molar-refractivity contribution in [3.63, 3.8) is 0 Å². The van der Waals surface area contributed by atoms with Crippen molar-refractivity contribution >= 4 is 17.7 Å². The molecule has 0 bridgehead atoms. The first kappa shape index (κ1) is 13.4. The molecule has 2 rings (SSSR count). The molecule has 0 aromatic heterocycles. The number of carbonyl (C=O) groups excluding carboxylic acids is 1. The van der Waals surface area contributed by atoms with E-state index in [-0.39, 0.29) is 17.6 Å². The van der Waals surface area contributed by atoms with Crippen LogP contribution in [0.4, 0.5) is 10.5 Å². The summed E-state index contributed by atoms with van der Waals surface area (Å²) in [4.78, 5) is 22.4. The van der Waals surface area contributed by atoms with Crippen LogP contribution in [0.1, 0.15) is 36.5 Å². The molecule has 1 fully saturated rings. The number of rotatable bonds is 5. The summed E-state index contributed by atoms with van der Waals surface area (Å²) in [6, 6.07) is 5.99.